The molecule has 122 valence electrons. The summed E-state index contributed by atoms with van der Waals surface area (Å²) in [6, 6.07) is 6.72. The summed E-state index contributed by atoms with van der Waals surface area (Å²) in [5.74, 6) is 1.09. The van der Waals surface area contributed by atoms with Crippen molar-refractivity contribution < 1.29 is 5.11 Å². The lowest BCUT2D eigenvalue weighted by Crippen LogP contribution is -2.58. The van der Waals surface area contributed by atoms with Gasteiger partial charge in [0.2, 0.25) is 0 Å². The number of rotatable bonds is 5. The highest BCUT2D eigenvalue weighted by molar-refractivity contribution is 5.44. The van der Waals surface area contributed by atoms with Crippen LogP contribution in [0.3, 0.4) is 0 Å². The molecule has 3 atom stereocenters. The second-order valence-electron chi connectivity index (χ2n) is 7.67. The molecule has 0 unspecified atom stereocenters. The Hall–Kier alpha value is -1.02. The van der Waals surface area contributed by atoms with Crippen LogP contribution < -0.4 is 0 Å². The Balaban J connectivity index is 1.79. The van der Waals surface area contributed by atoms with E-state index in [-0.39, 0.29) is 5.41 Å². The van der Waals surface area contributed by atoms with E-state index in [1.807, 2.05) is 12.1 Å². The van der Waals surface area contributed by atoms with Crippen molar-refractivity contribution in [3.05, 3.63) is 29.3 Å². The topological polar surface area (TPSA) is 23.5 Å². The average molecular weight is 301 g/mol. The molecular weight excluding hydrogens is 270 g/mol. The third kappa shape index (κ3) is 2.67. The molecule has 1 fully saturated rings. The van der Waals surface area contributed by atoms with E-state index in [0.717, 1.165) is 6.42 Å². The van der Waals surface area contributed by atoms with Crippen molar-refractivity contribution in [1.29, 1.82) is 0 Å². The molecule has 2 bridgehead atoms. The Morgan fingerprint density at radius 1 is 1.27 bits per heavy atom. The molecule has 0 amide bonds. The van der Waals surface area contributed by atoms with E-state index in [4.69, 9.17) is 0 Å². The zero-order valence-corrected chi connectivity index (χ0v) is 14.4. The van der Waals surface area contributed by atoms with Crippen LogP contribution in [-0.4, -0.2) is 29.1 Å². The number of phenols is 1. The lowest BCUT2D eigenvalue weighted by Gasteiger charge is -2.54. The first-order chi connectivity index (χ1) is 10.6. The zero-order chi connectivity index (χ0) is 15.7. The maximum absolute atomic E-state index is 9.89. The Labute approximate surface area is 135 Å². The molecular formula is C20H31NO. The minimum atomic E-state index is 0.233. The molecule has 1 aliphatic heterocycles. The number of aromatic hydroxyl groups is 1. The fraction of sp³-hybridized carbons (Fsp3) is 0.700. The summed E-state index contributed by atoms with van der Waals surface area (Å²) in [5, 5.41) is 9.89. The second kappa shape index (κ2) is 6.23. The summed E-state index contributed by atoms with van der Waals surface area (Å²) in [7, 11) is 0. The van der Waals surface area contributed by atoms with E-state index in [0.29, 0.717) is 17.7 Å². The Morgan fingerprint density at radius 3 is 2.86 bits per heavy atom. The standard InChI is InChI=1S/C20H31NO/c1-4-5-6-7-11-21-12-10-20(3)15(2)19(21)13-16-8-9-17(22)14-18(16)20/h8-9,14-15,19,22H,4-7,10-13H2,1-3H3/t15-,19+,20+/m1/s1. The number of benzene rings is 1. The van der Waals surface area contributed by atoms with Gasteiger partial charge in [-0.25, -0.2) is 0 Å². The van der Waals surface area contributed by atoms with Gasteiger partial charge in [-0.05, 0) is 66.9 Å². The van der Waals surface area contributed by atoms with Crippen LogP contribution in [-0.2, 0) is 11.8 Å². The molecule has 1 aliphatic carbocycles. The SMILES string of the molecule is CCCCCCN1CC[C@]2(C)c3cc(O)ccc3C[C@H]1[C@H]2C. The normalized spacial score (nSPS) is 31.0. The molecule has 0 spiro atoms. The van der Waals surface area contributed by atoms with E-state index in [1.165, 1.54) is 56.3 Å². The minimum absolute atomic E-state index is 0.233. The van der Waals surface area contributed by atoms with Gasteiger partial charge in [-0.15, -0.1) is 0 Å². The largest absolute Gasteiger partial charge is 0.508 e. The van der Waals surface area contributed by atoms with Crippen molar-refractivity contribution in [2.75, 3.05) is 13.1 Å². The molecule has 0 saturated carbocycles. The first-order valence-electron chi connectivity index (χ1n) is 9.12. The quantitative estimate of drug-likeness (QED) is 0.810. The maximum atomic E-state index is 9.89. The Morgan fingerprint density at radius 2 is 2.09 bits per heavy atom. The summed E-state index contributed by atoms with van der Waals surface area (Å²) in [6.07, 6.45) is 7.77. The predicted molar refractivity (Wildman–Crippen MR) is 92.4 cm³/mol. The lowest BCUT2D eigenvalue weighted by molar-refractivity contribution is 0.0303. The number of piperidine rings is 1. The molecule has 1 aromatic carbocycles. The van der Waals surface area contributed by atoms with Crippen molar-refractivity contribution >= 4 is 0 Å². The number of unbranched alkanes of at least 4 members (excludes halogenated alkanes) is 3. The van der Waals surface area contributed by atoms with Gasteiger partial charge < -0.3 is 5.11 Å². The van der Waals surface area contributed by atoms with Crippen LogP contribution in [0.25, 0.3) is 0 Å². The van der Waals surface area contributed by atoms with Crippen molar-refractivity contribution in [3.8, 4) is 5.75 Å². The molecule has 2 aliphatic rings. The van der Waals surface area contributed by atoms with Gasteiger partial charge in [-0.3, -0.25) is 4.90 Å². The van der Waals surface area contributed by atoms with E-state index in [1.54, 1.807) is 0 Å². The fourth-order valence-electron chi connectivity index (χ4n) is 4.71. The fourth-order valence-corrected chi connectivity index (χ4v) is 4.71. The molecule has 2 nitrogen and oxygen atoms in total. The van der Waals surface area contributed by atoms with Gasteiger partial charge >= 0.3 is 0 Å². The van der Waals surface area contributed by atoms with Crippen molar-refractivity contribution in [1.82, 2.24) is 4.90 Å². The van der Waals surface area contributed by atoms with Crippen molar-refractivity contribution in [2.24, 2.45) is 5.92 Å². The highest BCUT2D eigenvalue weighted by atomic mass is 16.3. The average Bonchev–Trinajstić information content (AvgIpc) is 2.50. The van der Waals surface area contributed by atoms with E-state index < -0.39 is 0 Å². The second-order valence-corrected chi connectivity index (χ2v) is 7.67. The lowest BCUT2D eigenvalue weighted by atomic mass is 9.59. The third-order valence-corrected chi connectivity index (χ3v) is 6.41. The number of likely N-dealkylation sites (tertiary alicyclic amines) is 1. The van der Waals surface area contributed by atoms with Crippen LogP contribution in [0, 0.1) is 5.92 Å². The van der Waals surface area contributed by atoms with E-state index in [9.17, 15) is 5.11 Å². The Bertz CT molecular complexity index is 526. The van der Waals surface area contributed by atoms with Gasteiger partial charge in [0, 0.05) is 6.04 Å². The van der Waals surface area contributed by atoms with Gasteiger partial charge in [0.15, 0.2) is 0 Å². The first kappa shape index (κ1) is 15.9. The highest BCUT2D eigenvalue weighted by Gasteiger charge is 2.48. The van der Waals surface area contributed by atoms with Crippen molar-refractivity contribution in [2.45, 2.75) is 70.8 Å². The summed E-state index contributed by atoms with van der Waals surface area (Å²) in [4.78, 5) is 2.75. The monoisotopic (exact) mass is 301 g/mol. The molecule has 0 aromatic heterocycles. The molecule has 1 aromatic rings. The number of phenolic OH excluding ortho intramolecular Hbond substituents is 1. The van der Waals surface area contributed by atoms with Gasteiger partial charge in [0.05, 0.1) is 0 Å². The molecule has 3 rings (SSSR count). The number of hydrogen-bond acceptors (Lipinski definition) is 2. The van der Waals surface area contributed by atoms with Gasteiger partial charge in [0.25, 0.3) is 0 Å². The van der Waals surface area contributed by atoms with Gasteiger partial charge in [0.1, 0.15) is 5.75 Å². The van der Waals surface area contributed by atoms with Crippen LogP contribution in [0.1, 0.15) is 64.0 Å². The first-order valence-corrected chi connectivity index (χ1v) is 9.12. The predicted octanol–water partition coefficient (Wildman–Crippen LogP) is 4.50. The number of fused-ring (bicyclic) bond motifs is 4. The summed E-state index contributed by atoms with van der Waals surface area (Å²) in [5.41, 5.74) is 3.10. The summed E-state index contributed by atoms with van der Waals surface area (Å²) >= 11 is 0. The molecule has 2 heteroatoms. The van der Waals surface area contributed by atoms with Crippen LogP contribution >= 0.6 is 0 Å². The summed E-state index contributed by atoms with van der Waals surface area (Å²) in [6.45, 7) is 9.60. The van der Waals surface area contributed by atoms with Crippen LogP contribution in [0.4, 0.5) is 0 Å². The maximum Gasteiger partial charge on any atom is 0.115 e. The minimum Gasteiger partial charge on any atom is -0.508 e. The number of nitrogens with zero attached hydrogens (tertiary/aromatic N) is 1. The van der Waals surface area contributed by atoms with Crippen LogP contribution in [0.2, 0.25) is 0 Å². The molecule has 1 saturated heterocycles. The molecule has 22 heavy (non-hydrogen) atoms. The smallest absolute Gasteiger partial charge is 0.115 e. The summed E-state index contributed by atoms with van der Waals surface area (Å²) < 4.78 is 0. The number of hydrogen-bond donors (Lipinski definition) is 1. The molecule has 1 N–H and O–H groups in total. The zero-order valence-electron chi connectivity index (χ0n) is 14.4. The van der Waals surface area contributed by atoms with Crippen molar-refractivity contribution in [3.63, 3.8) is 0 Å². The molecule has 0 radical (unpaired) electrons. The van der Waals surface area contributed by atoms with Gasteiger partial charge in [-0.1, -0.05) is 46.1 Å². The Kier molecular flexibility index (Phi) is 4.49. The highest BCUT2D eigenvalue weighted by Crippen LogP contribution is 2.49. The van der Waals surface area contributed by atoms with Crippen LogP contribution in [0.5, 0.6) is 5.75 Å². The third-order valence-electron chi connectivity index (χ3n) is 6.41. The van der Waals surface area contributed by atoms with E-state index in [2.05, 4.69) is 31.7 Å². The molecule has 1 heterocycles. The van der Waals surface area contributed by atoms with Gasteiger partial charge in [-0.2, -0.15) is 0 Å². The van der Waals surface area contributed by atoms with Crippen LogP contribution in [0.15, 0.2) is 18.2 Å². The van der Waals surface area contributed by atoms with E-state index >= 15 is 0 Å².